The summed E-state index contributed by atoms with van der Waals surface area (Å²) in [4.78, 5) is 11.1. The quantitative estimate of drug-likeness (QED) is 0.742. The van der Waals surface area contributed by atoms with Crippen LogP contribution in [0.3, 0.4) is 0 Å². The molecule has 0 aliphatic rings. The summed E-state index contributed by atoms with van der Waals surface area (Å²) in [5, 5.41) is 0. The van der Waals surface area contributed by atoms with Gasteiger partial charge in [-0.05, 0) is 23.3 Å². The maximum Gasteiger partial charge on any atom is 0.159 e. The van der Waals surface area contributed by atoms with Gasteiger partial charge in [0.15, 0.2) is 11.6 Å². The lowest BCUT2D eigenvalue weighted by Crippen LogP contribution is -2.03. The van der Waals surface area contributed by atoms with Crippen molar-refractivity contribution in [1.82, 2.24) is 0 Å². The van der Waals surface area contributed by atoms with E-state index in [9.17, 15) is 13.6 Å². The van der Waals surface area contributed by atoms with Crippen molar-refractivity contribution < 1.29 is 13.6 Å². The van der Waals surface area contributed by atoms with Gasteiger partial charge in [0.05, 0.1) is 5.92 Å². The van der Waals surface area contributed by atoms with Gasteiger partial charge < -0.3 is 4.79 Å². The fourth-order valence-corrected chi connectivity index (χ4v) is 1.72. The van der Waals surface area contributed by atoms with Gasteiger partial charge in [-0.2, -0.15) is 0 Å². The Kier molecular flexibility index (Phi) is 3.28. The Labute approximate surface area is 97.7 Å². The molecule has 1 nitrogen and oxygen atoms in total. The summed E-state index contributed by atoms with van der Waals surface area (Å²) in [6.07, 6.45) is 0.724. The highest BCUT2D eigenvalue weighted by Crippen LogP contribution is 2.23. The van der Waals surface area contributed by atoms with Crippen LogP contribution in [-0.4, -0.2) is 6.29 Å². The van der Waals surface area contributed by atoms with E-state index in [1.165, 1.54) is 6.07 Å². The van der Waals surface area contributed by atoms with Gasteiger partial charge in [0.2, 0.25) is 0 Å². The lowest BCUT2D eigenvalue weighted by Gasteiger charge is -2.11. The van der Waals surface area contributed by atoms with Crippen molar-refractivity contribution in [3.8, 4) is 0 Å². The Morgan fingerprint density at radius 1 is 0.882 bits per heavy atom. The van der Waals surface area contributed by atoms with E-state index in [0.29, 0.717) is 5.56 Å². The molecule has 0 saturated carbocycles. The predicted octanol–water partition coefficient (Wildman–Crippen LogP) is 3.30. The lowest BCUT2D eigenvalue weighted by atomic mass is 9.93. The normalized spacial score (nSPS) is 12.1. The van der Waals surface area contributed by atoms with Crippen molar-refractivity contribution >= 4 is 6.29 Å². The first-order valence-corrected chi connectivity index (χ1v) is 5.17. The van der Waals surface area contributed by atoms with Gasteiger partial charge in [-0.1, -0.05) is 36.4 Å². The molecule has 0 aliphatic carbocycles. The molecule has 0 fully saturated rings. The molecule has 0 saturated heterocycles. The summed E-state index contributed by atoms with van der Waals surface area (Å²) >= 11 is 0. The third-order valence-corrected chi connectivity index (χ3v) is 2.60. The van der Waals surface area contributed by atoms with Gasteiger partial charge in [-0.25, -0.2) is 8.78 Å². The Morgan fingerprint density at radius 2 is 1.59 bits per heavy atom. The van der Waals surface area contributed by atoms with Gasteiger partial charge in [0.1, 0.15) is 6.29 Å². The molecule has 86 valence electrons. The average Bonchev–Trinajstić information content (AvgIpc) is 2.36. The SMILES string of the molecule is O=CC(c1ccccc1)c1ccc(F)c(F)c1. The highest BCUT2D eigenvalue weighted by atomic mass is 19.2. The van der Waals surface area contributed by atoms with Crippen molar-refractivity contribution in [2.45, 2.75) is 5.92 Å². The van der Waals surface area contributed by atoms with Gasteiger partial charge >= 0.3 is 0 Å². The zero-order valence-electron chi connectivity index (χ0n) is 8.94. The van der Waals surface area contributed by atoms with E-state index in [1.807, 2.05) is 6.07 Å². The van der Waals surface area contributed by atoms with Crippen LogP contribution in [0.2, 0.25) is 0 Å². The Hall–Kier alpha value is -2.03. The number of benzene rings is 2. The molecule has 2 aromatic carbocycles. The van der Waals surface area contributed by atoms with Gasteiger partial charge in [0, 0.05) is 0 Å². The van der Waals surface area contributed by atoms with E-state index >= 15 is 0 Å². The Balaban J connectivity index is 2.42. The smallest absolute Gasteiger partial charge is 0.159 e. The summed E-state index contributed by atoms with van der Waals surface area (Å²) < 4.78 is 25.9. The van der Waals surface area contributed by atoms with Gasteiger partial charge in [-0.15, -0.1) is 0 Å². The lowest BCUT2D eigenvalue weighted by molar-refractivity contribution is -0.108. The first-order valence-electron chi connectivity index (χ1n) is 5.17. The Bertz CT molecular complexity index is 523. The van der Waals surface area contributed by atoms with E-state index in [0.717, 1.165) is 24.0 Å². The van der Waals surface area contributed by atoms with E-state index in [4.69, 9.17) is 0 Å². The fourth-order valence-electron chi connectivity index (χ4n) is 1.72. The van der Waals surface area contributed by atoms with E-state index in [1.54, 1.807) is 24.3 Å². The van der Waals surface area contributed by atoms with Crippen LogP contribution in [0.25, 0.3) is 0 Å². The van der Waals surface area contributed by atoms with E-state index in [2.05, 4.69) is 0 Å². The molecule has 0 bridgehead atoms. The third-order valence-electron chi connectivity index (χ3n) is 2.60. The molecule has 3 heteroatoms. The predicted molar refractivity (Wildman–Crippen MR) is 60.7 cm³/mol. The van der Waals surface area contributed by atoms with Crippen molar-refractivity contribution in [2.24, 2.45) is 0 Å². The van der Waals surface area contributed by atoms with Crippen molar-refractivity contribution in [3.63, 3.8) is 0 Å². The average molecular weight is 232 g/mol. The molecule has 1 atom stereocenters. The van der Waals surface area contributed by atoms with E-state index in [-0.39, 0.29) is 0 Å². The van der Waals surface area contributed by atoms with Crippen LogP contribution >= 0.6 is 0 Å². The molecule has 0 aromatic heterocycles. The summed E-state index contributed by atoms with van der Waals surface area (Å²) in [5.41, 5.74) is 1.21. The summed E-state index contributed by atoms with van der Waals surface area (Å²) in [6, 6.07) is 12.5. The molecule has 17 heavy (non-hydrogen) atoms. The second-order valence-electron chi connectivity index (χ2n) is 3.70. The number of halogens is 2. The zero-order chi connectivity index (χ0) is 12.3. The zero-order valence-corrected chi connectivity index (χ0v) is 8.94. The summed E-state index contributed by atoms with van der Waals surface area (Å²) in [6.45, 7) is 0. The van der Waals surface area contributed by atoms with Crippen LogP contribution in [0.4, 0.5) is 8.78 Å². The van der Waals surface area contributed by atoms with Crippen LogP contribution in [0.5, 0.6) is 0 Å². The van der Waals surface area contributed by atoms with Crippen molar-refractivity contribution in [2.75, 3.05) is 0 Å². The molecule has 2 rings (SSSR count). The molecular formula is C14H10F2O. The first-order chi connectivity index (χ1) is 8.22. The minimum atomic E-state index is -0.940. The minimum absolute atomic E-state index is 0.449. The molecule has 0 amide bonds. The fraction of sp³-hybridized carbons (Fsp3) is 0.0714. The van der Waals surface area contributed by atoms with E-state index < -0.39 is 17.6 Å². The highest BCUT2D eigenvalue weighted by Gasteiger charge is 2.14. The number of aldehydes is 1. The molecule has 0 spiro atoms. The maximum absolute atomic E-state index is 13.1. The monoisotopic (exact) mass is 232 g/mol. The topological polar surface area (TPSA) is 17.1 Å². The van der Waals surface area contributed by atoms with Crippen molar-refractivity contribution in [3.05, 3.63) is 71.3 Å². The summed E-state index contributed by atoms with van der Waals surface area (Å²) in [7, 11) is 0. The number of carbonyl (C=O) groups is 1. The number of hydrogen-bond donors (Lipinski definition) is 0. The van der Waals surface area contributed by atoms with Crippen LogP contribution < -0.4 is 0 Å². The second-order valence-corrected chi connectivity index (χ2v) is 3.70. The van der Waals surface area contributed by atoms with Gasteiger partial charge in [-0.3, -0.25) is 0 Å². The van der Waals surface area contributed by atoms with Crippen LogP contribution in [0, 0.1) is 11.6 Å². The first kappa shape index (κ1) is 11.5. The maximum atomic E-state index is 13.1. The van der Waals surface area contributed by atoms with Crippen molar-refractivity contribution in [1.29, 1.82) is 0 Å². The van der Waals surface area contributed by atoms with Crippen LogP contribution in [0.1, 0.15) is 17.0 Å². The standard InChI is InChI=1S/C14H10F2O/c15-13-7-6-11(8-14(13)16)12(9-17)10-4-2-1-3-5-10/h1-9,12H. The second kappa shape index (κ2) is 4.87. The molecule has 0 heterocycles. The highest BCUT2D eigenvalue weighted by molar-refractivity contribution is 5.68. The number of carbonyl (C=O) groups excluding carboxylic acids is 1. The minimum Gasteiger partial charge on any atom is -0.302 e. The molecular weight excluding hydrogens is 222 g/mol. The third kappa shape index (κ3) is 2.38. The van der Waals surface area contributed by atoms with Gasteiger partial charge in [0.25, 0.3) is 0 Å². The molecule has 0 radical (unpaired) electrons. The Morgan fingerprint density at radius 3 is 2.18 bits per heavy atom. The van der Waals surface area contributed by atoms with Crippen LogP contribution in [0.15, 0.2) is 48.5 Å². The molecule has 1 unspecified atom stereocenters. The molecule has 0 aliphatic heterocycles. The summed E-state index contributed by atoms with van der Waals surface area (Å²) in [5.74, 6) is -2.41. The number of hydrogen-bond acceptors (Lipinski definition) is 1. The van der Waals surface area contributed by atoms with Crippen LogP contribution in [-0.2, 0) is 4.79 Å². The molecule has 0 N–H and O–H groups in total. The number of rotatable bonds is 3. The molecule has 2 aromatic rings. The largest absolute Gasteiger partial charge is 0.302 e.